The van der Waals surface area contributed by atoms with E-state index in [9.17, 15) is 9.59 Å². The van der Waals surface area contributed by atoms with Crippen molar-refractivity contribution >= 4 is 17.6 Å². The molecule has 3 aromatic rings. The number of amides is 1. The Morgan fingerprint density at radius 3 is 2.60 bits per heavy atom. The number of nitrogens with zero attached hydrogens (tertiary/aromatic N) is 2. The summed E-state index contributed by atoms with van der Waals surface area (Å²) in [6, 6.07) is 16.7. The van der Waals surface area contributed by atoms with Gasteiger partial charge in [-0.1, -0.05) is 48.5 Å². The highest BCUT2D eigenvalue weighted by atomic mass is 16.5. The minimum absolute atomic E-state index is 0.0575. The molecule has 1 aromatic heterocycles. The molecule has 2 aliphatic heterocycles. The topological polar surface area (TPSA) is 111 Å². The van der Waals surface area contributed by atoms with Gasteiger partial charge in [-0.2, -0.15) is 0 Å². The predicted molar refractivity (Wildman–Crippen MR) is 109 cm³/mol. The third-order valence-corrected chi connectivity index (χ3v) is 5.68. The lowest BCUT2D eigenvalue weighted by Crippen LogP contribution is -2.47. The van der Waals surface area contributed by atoms with E-state index in [0.29, 0.717) is 22.5 Å². The second-order valence-corrected chi connectivity index (χ2v) is 7.11. The number of likely N-dealkylation sites (N-methyl/N-ethyl adjacent to an activating group) is 1. The third kappa shape index (κ3) is 2.07. The summed E-state index contributed by atoms with van der Waals surface area (Å²) in [5.41, 5.74) is 7.64. The van der Waals surface area contributed by atoms with Gasteiger partial charge < -0.3 is 20.1 Å². The molecule has 0 aliphatic carbocycles. The molecule has 0 radical (unpaired) electrons. The highest BCUT2D eigenvalue weighted by Crippen LogP contribution is 2.56. The summed E-state index contributed by atoms with van der Waals surface area (Å²) < 4.78 is 10.7. The molecule has 0 fully saturated rings. The molecular formula is C22H18N4O4. The van der Waals surface area contributed by atoms with Crippen molar-refractivity contribution in [2.24, 2.45) is 5.73 Å². The Balaban J connectivity index is 1.93. The van der Waals surface area contributed by atoms with Gasteiger partial charge in [0.1, 0.15) is 11.0 Å². The lowest BCUT2D eigenvalue weighted by molar-refractivity contribution is -0.138. The first-order chi connectivity index (χ1) is 14.5. The number of nitrogens with one attached hydrogen (secondary N) is 1. The van der Waals surface area contributed by atoms with Gasteiger partial charge in [-0.05, 0) is 6.07 Å². The summed E-state index contributed by atoms with van der Waals surface area (Å²) in [6.07, 6.45) is 0. The minimum atomic E-state index is -1.55. The third-order valence-electron chi connectivity index (χ3n) is 5.68. The number of methoxy groups -OCH3 is 1. The Morgan fingerprint density at radius 1 is 1.17 bits per heavy atom. The standard InChI is InChI=1S/C22H18N4O4/c1-26-14-11-7-6-10-13(14)22(21(26)28)15-17(12-8-4-3-5-9-12)24-25-19(15)30-18(23)16(22)20(27)29-2/h3-11H,23H2,1-2H3,(H,24,25). The predicted octanol–water partition coefficient (Wildman–Crippen LogP) is 2.07. The first-order valence-electron chi connectivity index (χ1n) is 9.30. The Morgan fingerprint density at radius 2 is 1.87 bits per heavy atom. The number of aromatic nitrogens is 2. The highest BCUT2D eigenvalue weighted by Gasteiger charge is 2.62. The van der Waals surface area contributed by atoms with Crippen LogP contribution in [0.1, 0.15) is 11.1 Å². The summed E-state index contributed by atoms with van der Waals surface area (Å²) in [6.45, 7) is 0. The van der Waals surface area contributed by atoms with Crippen LogP contribution in [-0.4, -0.2) is 36.2 Å². The van der Waals surface area contributed by atoms with Gasteiger partial charge in [0.2, 0.25) is 17.7 Å². The van der Waals surface area contributed by atoms with Crippen LogP contribution in [0.2, 0.25) is 0 Å². The fourth-order valence-electron chi connectivity index (χ4n) is 4.42. The van der Waals surface area contributed by atoms with Crippen molar-refractivity contribution in [1.29, 1.82) is 0 Å². The second-order valence-electron chi connectivity index (χ2n) is 7.11. The number of H-pyrrole nitrogens is 1. The molecule has 8 heteroatoms. The van der Waals surface area contributed by atoms with E-state index in [4.69, 9.17) is 15.2 Å². The summed E-state index contributed by atoms with van der Waals surface area (Å²) >= 11 is 0. The number of benzene rings is 2. The molecular weight excluding hydrogens is 384 g/mol. The number of anilines is 1. The Bertz CT molecular complexity index is 1230. The van der Waals surface area contributed by atoms with E-state index in [1.54, 1.807) is 7.05 Å². The van der Waals surface area contributed by atoms with E-state index in [2.05, 4.69) is 10.2 Å². The van der Waals surface area contributed by atoms with Gasteiger partial charge in [0.25, 0.3) is 0 Å². The molecule has 3 heterocycles. The smallest absolute Gasteiger partial charge is 0.340 e. The van der Waals surface area contributed by atoms with Gasteiger partial charge in [-0.3, -0.25) is 9.89 Å². The van der Waals surface area contributed by atoms with Crippen LogP contribution in [0.5, 0.6) is 5.88 Å². The van der Waals surface area contributed by atoms with Gasteiger partial charge in [0.05, 0.1) is 18.4 Å². The van der Waals surface area contributed by atoms with E-state index in [1.165, 1.54) is 12.0 Å². The second kappa shape index (κ2) is 6.21. The van der Waals surface area contributed by atoms with Gasteiger partial charge >= 0.3 is 5.97 Å². The monoisotopic (exact) mass is 402 g/mol. The Labute approximate surface area is 171 Å². The van der Waals surface area contributed by atoms with Crippen LogP contribution in [0.3, 0.4) is 0 Å². The number of hydrogen-bond acceptors (Lipinski definition) is 6. The Hall–Kier alpha value is -4.07. The number of ether oxygens (including phenoxy) is 2. The van der Waals surface area contributed by atoms with Crippen LogP contribution in [0, 0.1) is 0 Å². The number of carbonyl (C=O) groups excluding carboxylic acids is 2. The molecule has 0 bridgehead atoms. The molecule has 2 aromatic carbocycles. The first kappa shape index (κ1) is 18.0. The van der Waals surface area contributed by atoms with Crippen molar-refractivity contribution in [1.82, 2.24) is 10.2 Å². The average molecular weight is 402 g/mol. The SMILES string of the molecule is COC(=O)C1=C(N)Oc2n[nH]c(-c3ccccc3)c2C12C(=O)N(C)c1ccccc12. The fraction of sp³-hybridized carbons (Fsp3) is 0.136. The summed E-state index contributed by atoms with van der Waals surface area (Å²) in [5.74, 6) is -1.14. The molecule has 8 nitrogen and oxygen atoms in total. The van der Waals surface area contributed by atoms with Crippen molar-refractivity contribution in [2.45, 2.75) is 5.41 Å². The van der Waals surface area contributed by atoms with Crippen LogP contribution >= 0.6 is 0 Å². The van der Waals surface area contributed by atoms with Crippen molar-refractivity contribution in [3.05, 3.63) is 77.2 Å². The molecule has 2 aliphatic rings. The molecule has 5 rings (SSSR count). The maximum absolute atomic E-state index is 13.9. The van der Waals surface area contributed by atoms with E-state index < -0.39 is 11.4 Å². The van der Waals surface area contributed by atoms with Crippen molar-refractivity contribution < 1.29 is 19.1 Å². The Kier molecular flexibility index (Phi) is 3.73. The largest absolute Gasteiger partial charge is 0.465 e. The number of rotatable bonds is 2. The molecule has 30 heavy (non-hydrogen) atoms. The van der Waals surface area contributed by atoms with Crippen LogP contribution in [0.15, 0.2) is 66.1 Å². The maximum atomic E-state index is 13.9. The number of hydrogen-bond donors (Lipinski definition) is 2. The zero-order chi connectivity index (χ0) is 21.0. The number of fused-ring (bicyclic) bond motifs is 4. The average Bonchev–Trinajstić information content (AvgIpc) is 3.29. The molecule has 1 spiro atoms. The van der Waals surface area contributed by atoms with Crippen LogP contribution < -0.4 is 15.4 Å². The molecule has 3 N–H and O–H groups in total. The van der Waals surface area contributed by atoms with E-state index in [1.807, 2.05) is 54.6 Å². The minimum Gasteiger partial charge on any atom is -0.465 e. The number of carbonyl (C=O) groups is 2. The van der Waals surface area contributed by atoms with Gasteiger partial charge in [-0.25, -0.2) is 4.79 Å². The van der Waals surface area contributed by atoms with Gasteiger partial charge in [-0.15, -0.1) is 5.10 Å². The maximum Gasteiger partial charge on any atom is 0.340 e. The molecule has 1 unspecified atom stereocenters. The fourth-order valence-corrected chi connectivity index (χ4v) is 4.42. The number of nitrogens with two attached hydrogens (primary N) is 1. The number of esters is 1. The number of para-hydroxylation sites is 1. The van der Waals surface area contributed by atoms with Crippen molar-refractivity contribution in [2.75, 3.05) is 19.1 Å². The molecule has 0 saturated carbocycles. The molecule has 0 saturated heterocycles. The van der Waals surface area contributed by atoms with Crippen molar-refractivity contribution in [3.8, 4) is 17.1 Å². The lowest BCUT2D eigenvalue weighted by atomic mass is 9.68. The van der Waals surface area contributed by atoms with Crippen LogP contribution in [-0.2, 0) is 19.7 Å². The number of aromatic amines is 1. The first-order valence-corrected chi connectivity index (χ1v) is 9.30. The lowest BCUT2D eigenvalue weighted by Gasteiger charge is -2.34. The summed E-state index contributed by atoms with van der Waals surface area (Å²) in [4.78, 5) is 28.3. The molecule has 1 atom stereocenters. The van der Waals surface area contributed by atoms with Gasteiger partial charge in [0.15, 0.2) is 0 Å². The van der Waals surface area contributed by atoms with E-state index >= 15 is 0 Å². The zero-order valence-electron chi connectivity index (χ0n) is 16.3. The summed E-state index contributed by atoms with van der Waals surface area (Å²) in [5, 5.41) is 7.24. The van der Waals surface area contributed by atoms with Gasteiger partial charge in [0, 0.05) is 23.9 Å². The van der Waals surface area contributed by atoms with Crippen LogP contribution in [0.4, 0.5) is 5.69 Å². The summed E-state index contributed by atoms with van der Waals surface area (Å²) in [7, 11) is 2.91. The quantitative estimate of drug-likeness (QED) is 0.635. The highest BCUT2D eigenvalue weighted by molar-refractivity contribution is 6.19. The zero-order valence-corrected chi connectivity index (χ0v) is 16.3. The van der Waals surface area contributed by atoms with Crippen LogP contribution in [0.25, 0.3) is 11.3 Å². The van der Waals surface area contributed by atoms with E-state index in [0.717, 1.165) is 5.56 Å². The molecule has 1 amide bonds. The molecule has 150 valence electrons. The normalized spacial score (nSPS) is 19.5. The van der Waals surface area contributed by atoms with Crippen molar-refractivity contribution in [3.63, 3.8) is 0 Å². The van der Waals surface area contributed by atoms with E-state index in [-0.39, 0.29) is 23.2 Å².